The van der Waals surface area contributed by atoms with Crippen LogP contribution in [0.2, 0.25) is 0 Å². The van der Waals surface area contributed by atoms with Crippen molar-refractivity contribution in [3.8, 4) is 0 Å². The molecule has 0 fully saturated rings. The third-order valence-corrected chi connectivity index (χ3v) is 3.10. The van der Waals surface area contributed by atoms with Gasteiger partial charge in [-0.25, -0.2) is 0 Å². The molecule has 100 valence electrons. The van der Waals surface area contributed by atoms with Gasteiger partial charge in [0.05, 0.1) is 0 Å². The first kappa shape index (κ1) is 16.6. The van der Waals surface area contributed by atoms with Gasteiger partial charge < -0.3 is 0 Å². The van der Waals surface area contributed by atoms with E-state index in [-0.39, 0.29) is 23.5 Å². The van der Waals surface area contributed by atoms with E-state index in [0.29, 0.717) is 0 Å². The van der Waals surface area contributed by atoms with Gasteiger partial charge in [0.25, 0.3) is 0 Å². The van der Waals surface area contributed by atoms with Crippen LogP contribution in [0.3, 0.4) is 0 Å². The zero-order valence-corrected chi connectivity index (χ0v) is 10.2. The topological polar surface area (TPSA) is 47.7 Å². The summed E-state index contributed by atoms with van der Waals surface area (Å²) in [6, 6.07) is 0. The van der Waals surface area contributed by atoms with Crippen LogP contribution in [0, 0.1) is 10.8 Å². The Kier molecular flexibility index (Phi) is 4.97. The summed E-state index contributed by atoms with van der Waals surface area (Å²) in [4.78, 5) is 0. The van der Waals surface area contributed by atoms with Gasteiger partial charge in [0.15, 0.2) is 0 Å². The molecule has 0 aromatic carbocycles. The van der Waals surface area contributed by atoms with Crippen molar-refractivity contribution in [2.75, 3.05) is 12.5 Å². The average Bonchev–Trinajstić information content (AvgIpc) is 2.25. The number of rotatable bonds is 4. The smallest absolute Gasteiger partial charge is 0.293 e. The van der Waals surface area contributed by atoms with Crippen LogP contribution >= 0.6 is 23.5 Å². The number of hydrogen-bond donors (Lipinski definition) is 2. The van der Waals surface area contributed by atoms with E-state index in [4.69, 9.17) is 10.8 Å². The van der Waals surface area contributed by atoms with Gasteiger partial charge in [0.1, 0.15) is 10.1 Å². The fraction of sp³-hybridized carbons (Fsp3) is 0.714. The lowest BCUT2D eigenvalue weighted by molar-refractivity contribution is -0.255. The quantitative estimate of drug-likeness (QED) is 0.473. The van der Waals surface area contributed by atoms with E-state index in [9.17, 15) is 26.3 Å². The molecule has 0 bridgehead atoms. The third-order valence-electron chi connectivity index (χ3n) is 1.77. The number of thioether (sulfide) groups is 2. The normalized spacial score (nSPS) is 13.6. The molecular weight excluding hydrogens is 290 g/mol. The lowest BCUT2D eigenvalue weighted by atomic mass is 10.1. The fourth-order valence-electron chi connectivity index (χ4n) is 0.739. The summed E-state index contributed by atoms with van der Waals surface area (Å²) in [7, 11) is 0. The van der Waals surface area contributed by atoms with Gasteiger partial charge >= 0.3 is 17.8 Å². The maximum absolute atomic E-state index is 13.0. The standard InChI is InChI=1S/C7H8F6N2S2/c1-16-3(14)5(8,9)7(12,13)6(10,11)4(15)17-2/h14-15H,1-2H3. The van der Waals surface area contributed by atoms with Crippen LogP contribution in [-0.2, 0) is 0 Å². The minimum absolute atomic E-state index is 0.0633. The zero-order valence-electron chi connectivity index (χ0n) is 8.58. The Balaban J connectivity index is 5.54. The predicted molar refractivity (Wildman–Crippen MR) is 57.3 cm³/mol. The zero-order chi connectivity index (χ0) is 14.1. The minimum Gasteiger partial charge on any atom is -0.293 e. The molecule has 0 aliphatic heterocycles. The number of halogens is 6. The van der Waals surface area contributed by atoms with Crippen LogP contribution in [0.4, 0.5) is 26.3 Å². The molecule has 2 N–H and O–H groups in total. The largest absolute Gasteiger partial charge is 0.384 e. The monoisotopic (exact) mass is 298 g/mol. The van der Waals surface area contributed by atoms with Gasteiger partial charge in [-0.05, 0) is 12.5 Å². The van der Waals surface area contributed by atoms with Crippen LogP contribution in [-0.4, -0.2) is 40.4 Å². The third kappa shape index (κ3) is 2.56. The van der Waals surface area contributed by atoms with E-state index in [0.717, 1.165) is 12.5 Å². The molecule has 0 saturated heterocycles. The van der Waals surface area contributed by atoms with Crippen molar-refractivity contribution in [2.24, 2.45) is 0 Å². The van der Waals surface area contributed by atoms with Crippen LogP contribution in [0.15, 0.2) is 0 Å². The molecule has 0 rings (SSSR count). The molecule has 0 unspecified atom stereocenters. The second-order valence-corrected chi connectivity index (χ2v) is 4.42. The van der Waals surface area contributed by atoms with Crippen molar-refractivity contribution in [1.82, 2.24) is 0 Å². The molecule has 0 aliphatic carbocycles. The van der Waals surface area contributed by atoms with E-state index >= 15 is 0 Å². The highest BCUT2D eigenvalue weighted by Crippen LogP contribution is 2.49. The van der Waals surface area contributed by atoms with Gasteiger partial charge in [-0.15, -0.1) is 23.5 Å². The highest BCUT2D eigenvalue weighted by Gasteiger charge is 2.74. The summed E-state index contributed by atoms with van der Waals surface area (Å²) in [6.07, 6.45) is 1.79. The maximum atomic E-state index is 13.0. The Morgan fingerprint density at radius 3 is 1.18 bits per heavy atom. The first-order valence-corrected chi connectivity index (χ1v) is 6.31. The summed E-state index contributed by atoms with van der Waals surface area (Å²) in [5.41, 5.74) is 0. The van der Waals surface area contributed by atoms with Crippen LogP contribution < -0.4 is 0 Å². The number of nitrogens with one attached hydrogen (secondary N) is 2. The highest BCUT2D eigenvalue weighted by molar-refractivity contribution is 8.13. The van der Waals surface area contributed by atoms with E-state index < -0.39 is 27.9 Å². The fourth-order valence-corrected chi connectivity index (χ4v) is 1.51. The van der Waals surface area contributed by atoms with E-state index in [2.05, 4.69) is 0 Å². The Morgan fingerprint density at radius 1 is 0.765 bits per heavy atom. The molecule has 17 heavy (non-hydrogen) atoms. The predicted octanol–water partition coefficient (Wildman–Crippen LogP) is 3.57. The second kappa shape index (κ2) is 5.09. The molecule has 0 aromatic rings. The second-order valence-electron chi connectivity index (χ2n) is 2.79. The summed E-state index contributed by atoms with van der Waals surface area (Å²) in [6.45, 7) is 0. The SMILES string of the molecule is CSC(=N)C(F)(F)C(F)(F)C(F)(F)C(=N)SC. The van der Waals surface area contributed by atoms with Gasteiger partial charge in [-0.1, -0.05) is 0 Å². The molecule has 0 saturated carbocycles. The molecule has 0 spiro atoms. The average molecular weight is 298 g/mol. The lowest BCUT2D eigenvalue weighted by Gasteiger charge is -2.32. The van der Waals surface area contributed by atoms with Crippen molar-refractivity contribution in [2.45, 2.75) is 17.8 Å². The molecule has 0 aromatic heterocycles. The number of hydrogen-bond acceptors (Lipinski definition) is 4. The summed E-state index contributed by atoms with van der Waals surface area (Å²) >= 11 is -0.127. The van der Waals surface area contributed by atoms with Crippen molar-refractivity contribution >= 4 is 33.6 Å². The van der Waals surface area contributed by atoms with Crippen LogP contribution in [0.5, 0.6) is 0 Å². The molecule has 0 radical (unpaired) electrons. The highest BCUT2D eigenvalue weighted by atomic mass is 32.2. The van der Waals surface area contributed by atoms with E-state index in [1.807, 2.05) is 0 Å². The van der Waals surface area contributed by atoms with Crippen LogP contribution in [0.1, 0.15) is 0 Å². The molecule has 0 heterocycles. The van der Waals surface area contributed by atoms with Crippen molar-refractivity contribution in [3.63, 3.8) is 0 Å². The molecule has 0 amide bonds. The van der Waals surface area contributed by atoms with Gasteiger partial charge in [-0.3, -0.25) is 10.8 Å². The van der Waals surface area contributed by atoms with Gasteiger partial charge in [0, 0.05) is 0 Å². The first-order valence-electron chi connectivity index (χ1n) is 3.86. The summed E-state index contributed by atoms with van der Waals surface area (Å²) in [5, 5.41) is 9.44. The molecular formula is C7H8F6N2S2. The van der Waals surface area contributed by atoms with E-state index in [1.165, 1.54) is 0 Å². The Bertz CT molecular complexity index is 300. The maximum Gasteiger partial charge on any atom is 0.384 e. The summed E-state index contributed by atoms with van der Waals surface area (Å²) in [5.74, 6) is -16.5. The molecule has 10 heteroatoms. The lowest BCUT2D eigenvalue weighted by Crippen LogP contribution is -2.59. The Hall–Kier alpha value is -0.380. The summed E-state index contributed by atoms with van der Waals surface area (Å²) < 4.78 is 78.1. The van der Waals surface area contributed by atoms with Crippen molar-refractivity contribution in [3.05, 3.63) is 0 Å². The van der Waals surface area contributed by atoms with Crippen molar-refractivity contribution < 1.29 is 26.3 Å². The first-order chi connectivity index (χ1) is 7.46. The van der Waals surface area contributed by atoms with E-state index in [1.54, 1.807) is 0 Å². The molecule has 0 aliphatic rings. The molecule has 0 atom stereocenters. The van der Waals surface area contributed by atoms with Gasteiger partial charge in [-0.2, -0.15) is 26.3 Å². The Labute approximate surface area is 102 Å². The number of alkyl halides is 6. The van der Waals surface area contributed by atoms with Gasteiger partial charge in [0.2, 0.25) is 0 Å². The minimum atomic E-state index is -5.82. The van der Waals surface area contributed by atoms with Crippen LogP contribution in [0.25, 0.3) is 0 Å². The Morgan fingerprint density at radius 2 is 1.00 bits per heavy atom. The molecule has 2 nitrogen and oxygen atoms in total. The van der Waals surface area contributed by atoms with Crippen molar-refractivity contribution in [1.29, 1.82) is 10.8 Å².